The van der Waals surface area contributed by atoms with Gasteiger partial charge < -0.3 is 10.2 Å². The number of hydrogen-bond donors (Lipinski definition) is 2. The Morgan fingerprint density at radius 2 is 1.43 bits per heavy atom. The van der Waals surface area contributed by atoms with Crippen molar-refractivity contribution < 1.29 is 19.8 Å². The van der Waals surface area contributed by atoms with Crippen molar-refractivity contribution in [2.24, 2.45) is 22.7 Å². The summed E-state index contributed by atoms with van der Waals surface area (Å²) >= 11 is 0. The monoisotopic (exact) mass is 328 g/mol. The van der Waals surface area contributed by atoms with E-state index in [9.17, 15) is 19.8 Å². The average molecular weight is 328 g/mol. The van der Waals surface area contributed by atoms with Crippen molar-refractivity contribution in [3.05, 3.63) is 0 Å². The predicted molar refractivity (Wildman–Crippen MR) is 93.5 cm³/mol. The Hall–Kier alpha value is -1.06. The maximum Gasteiger partial charge on any atom is 0.311 e. The largest absolute Gasteiger partial charge is 0.481 e. The van der Waals surface area contributed by atoms with Gasteiger partial charge in [-0.05, 0) is 31.6 Å². The SMILES string of the molecule is CCCCCCCC(C)(C(=O)O)C(CC(C)C)(C(=O)O)C(C)C. The van der Waals surface area contributed by atoms with E-state index in [0.29, 0.717) is 12.8 Å². The van der Waals surface area contributed by atoms with Crippen LogP contribution in [0.1, 0.15) is 86.5 Å². The number of carboxylic acids is 2. The average Bonchev–Trinajstić information content (AvgIpc) is 2.42. The summed E-state index contributed by atoms with van der Waals surface area (Å²) in [7, 11) is 0. The van der Waals surface area contributed by atoms with Gasteiger partial charge in [-0.15, -0.1) is 0 Å². The van der Waals surface area contributed by atoms with Crippen molar-refractivity contribution in [1.29, 1.82) is 0 Å². The summed E-state index contributed by atoms with van der Waals surface area (Å²) in [6.07, 6.45) is 5.90. The first-order chi connectivity index (χ1) is 10.6. The van der Waals surface area contributed by atoms with Crippen molar-refractivity contribution in [2.45, 2.75) is 86.5 Å². The number of hydrogen-bond acceptors (Lipinski definition) is 2. The molecule has 0 saturated carbocycles. The standard InChI is InChI=1S/C19H36O4/c1-7-8-9-10-11-12-18(6,16(20)21)19(15(4)5,17(22)23)13-14(2)3/h14-15H,7-13H2,1-6H3,(H,20,21)(H,22,23). The molecule has 4 nitrogen and oxygen atoms in total. The molecule has 0 bridgehead atoms. The van der Waals surface area contributed by atoms with Gasteiger partial charge in [-0.2, -0.15) is 0 Å². The fourth-order valence-electron chi connectivity index (χ4n) is 3.92. The van der Waals surface area contributed by atoms with Gasteiger partial charge in [0.25, 0.3) is 0 Å². The Bertz CT molecular complexity index is 389. The van der Waals surface area contributed by atoms with Crippen LogP contribution in [0.25, 0.3) is 0 Å². The molecule has 0 aliphatic heterocycles. The van der Waals surface area contributed by atoms with Crippen LogP contribution in [0.2, 0.25) is 0 Å². The molecule has 0 aliphatic rings. The topological polar surface area (TPSA) is 74.6 Å². The molecule has 23 heavy (non-hydrogen) atoms. The van der Waals surface area contributed by atoms with Crippen LogP contribution in [0, 0.1) is 22.7 Å². The molecule has 2 unspecified atom stereocenters. The lowest BCUT2D eigenvalue weighted by Gasteiger charge is -2.47. The van der Waals surface area contributed by atoms with E-state index in [1.807, 2.05) is 27.7 Å². The lowest BCUT2D eigenvalue weighted by molar-refractivity contribution is -0.181. The zero-order chi connectivity index (χ0) is 18.3. The first-order valence-corrected chi connectivity index (χ1v) is 9.03. The lowest BCUT2D eigenvalue weighted by atomic mass is 9.54. The number of unbranched alkanes of at least 4 members (excludes halogenated alkanes) is 4. The molecule has 0 aromatic rings. The predicted octanol–water partition coefficient (Wildman–Crippen LogP) is 5.21. The summed E-state index contributed by atoms with van der Waals surface area (Å²) in [5.41, 5.74) is -2.48. The molecule has 4 heteroatoms. The van der Waals surface area contributed by atoms with E-state index < -0.39 is 22.8 Å². The van der Waals surface area contributed by atoms with Gasteiger partial charge >= 0.3 is 11.9 Å². The first kappa shape index (κ1) is 21.9. The second kappa shape index (κ2) is 9.29. The van der Waals surface area contributed by atoms with Crippen LogP contribution in [0.15, 0.2) is 0 Å². The van der Waals surface area contributed by atoms with Crippen LogP contribution >= 0.6 is 0 Å². The van der Waals surface area contributed by atoms with Gasteiger partial charge in [0, 0.05) is 0 Å². The second-order valence-corrected chi connectivity index (χ2v) is 7.83. The first-order valence-electron chi connectivity index (χ1n) is 9.03. The Morgan fingerprint density at radius 1 is 0.913 bits per heavy atom. The van der Waals surface area contributed by atoms with E-state index in [2.05, 4.69) is 6.92 Å². The summed E-state index contributed by atoms with van der Waals surface area (Å²) in [5.74, 6) is -2.06. The van der Waals surface area contributed by atoms with Gasteiger partial charge in [0.05, 0.1) is 10.8 Å². The van der Waals surface area contributed by atoms with E-state index in [0.717, 1.165) is 32.1 Å². The van der Waals surface area contributed by atoms with Gasteiger partial charge in [0.2, 0.25) is 0 Å². The van der Waals surface area contributed by atoms with Crippen LogP contribution in [-0.2, 0) is 9.59 Å². The molecule has 0 rings (SSSR count). The van der Waals surface area contributed by atoms with Gasteiger partial charge in [-0.1, -0.05) is 66.7 Å². The third-order valence-electron chi connectivity index (χ3n) is 5.33. The van der Waals surface area contributed by atoms with Gasteiger partial charge in [-0.25, -0.2) is 0 Å². The molecule has 2 N–H and O–H groups in total. The molecule has 0 amide bonds. The summed E-state index contributed by atoms with van der Waals surface area (Å²) < 4.78 is 0. The van der Waals surface area contributed by atoms with Gasteiger partial charge in [-0.3, -0.25) is 9.59 Å². The molecule has 0 saturated heterocycles. The lowest BCUT2D eigenvalue weighted by Crippen LogP contribution is -2.54. The Morgan fingerprint density at radius 3 is 1.78 bits per heavy atom. The van der Waals surface area contributed by atoms with Crippen molar-refractivity contribution >= 4 is 11.9 Å². The van der Waals surface area contributed by atoms with Crippen LogP contribution in [-0.4, -0.2) is 22.2 Å². The van der Waals surface area contributed by atoms with E-state index in [1.54, 1.807) is 6.92 Å². The van der Waals surface area contributed by atoms with E-state index in [4.69, 9.17) is 0 Å². The van der Waals surface area contributed by atoms with Crippen LogP contribution in [0.4, 0.5) is 0 Å². The molecule has 0 fully saturated rings. The highest BCUT2D eigenvalue weighted by Crippen LogP contribution is 2.53. The van der Waals surface area contributed by atoms with Crippen molar-refractivity contribution in [2.75, 3.05) is 0 Å². The minimum atomic E-state index is -1.25. The normalized spacial score (nSPS) is 17.0. The number of carbonyl (C=O) groups is 2. The third kappa shape index (κ3) is 4.95. The molecule has 0 aromatic carbocycles. The molecule has 0 aromatic heterocycles. The number of carboxylic acid groups (broad SMARTS) is 2. The minimum absolute atomic E-state index is 0.132. The molecule has 0 radical (unpaired) electrons. The van der Waals surface area contributed by atoms with Crippen molar-refractivity contribution in [3.63, 3.8) is 0 Å². The molecule has 0 aliphatic carbocycles. The van der Waals surface area contributed by atoms with Crippen LogP contribution in [0.5, 0.6) is 0 Å². The zero-order valence-corrected chi connectivity index (χ0v) is 15.8. The summed E-state index contributed by atoms with van der Waals surface area (Å²) in [6, 6.07) is 0. The Balaban J connectivity index is 5.59. The highest BCUT2D eigenvalue weighted by atomic mass is 16.4. The second-order valence-electron chi connectivity index (χ2n) is 7.83. The molecule has 136 valence electrons. The number of rotatable bonds is 12. The molecule has 0 heterocycles. The van der Waals surface area contributed by atoms with E-state index in [1.165, 1.54) is 0 Å². The van der Waals surface area contributed by atoms with Crippen molar-refractivity contribution in [3.8, 4) is 0 Å². The fraction of sp³-hybridized carbons (Fsp3) is 0.895. The quantitative estimate of drug-likeness (QED) is 0.482. The highest BCUT2D eigenvalue weighted by Gasteiger charge is 2.59. The van der Waals surface area contributed by atoms with Crippen LogP contribution < -0.4 is 0 Å². The smallest absolute Gasteiger partial charge is 0.311 e. The maximum atomic E-state index is 12.2. The fourth-order valence-corrected chi connectivity index (χ4v) is 3.92. The van der Waals surface area contributed by atoms with Gasteiger partial charge in [0.15, 0.2) is 0 Å². The molecule has 0 spiro atoms. The molecular weight excluding hydrogens is 292 g/mol. The number of aliphatic carboxylic acids is 2. The van der Waals surface area contributed by atoms with Crippen molar-refractivity contribution in [1.82, 2.24) is 0 Å². The summed E-state index contributed by atoms with van der Waals surface area (Å²) in [6.45, 7) is 11.4. The zero-order valence-electron chi connectivity index (χ0n) is 15.8. The Labute approximate surface area is 141 Å². The molecular formula is C19H36O4. The van der Waals surface area contributed by atoms with E-state index in [-0.39, 0.29) is 11.8 Å². The summed E-state index contributed by atoms with van der Waals surface area (Å²) in [4.78, 5) is 24.3. The van der Waals surface area contributed by atoms with Crippen LogP contribution in [0.3, 0.4) is 0 Å². The van der Waals surface area contributed by atoms with Gasteiger partial charge in [0.1, 0.15) is 0 Å². The maximum absolute atomic E-state index is 12.2. The third-order valence-corrected chi connectivity index (χ3v) is 5.33. The highest BCUT2D eigenvalue weighted by molar-refractivity contribution is 5.86. The Kier molecular flexibility index (Phi) is 8.86. The van der Waals surface area contributed by atoms with E-state index >= 15 is 0 Å². The summed E-state index contributed by atoms with van der Waals surface area (Å²) in [5, 5.41) is 19.9. The molecule has 2 atom stereocenters. The minimum Gasteiger partial charge on any atom is -0.481 e.